The Balaban J connectivity index is 1.52. The molecule has 1 heterocycles. The van der Waals surface area contributed by atoms with Crippen molar-refractivity contribution in [2.24, 2.45) is 0 Å². The number of nitrogens with zero attached hydrogens (tertiary/aromatic N) is 3. The average Bonchev–Trinajstić information content (AvgIpc) is 3.03. The highest BCUT2D eigenvalue weighted by Gasteiger charge is 2.13. The lowest BCUT2D eigenvalue weighted by Gasteiger charge is -2.10. The van der Waals surface area contributed by atoms with Crippen molar-refractivity contribution < 1.29 is 14.3 Å². The molecule has 132 valence electrons. The number of carbonyl (C=O) groups excluding carboxylic acids is 1. The summed E-state index contributed by atoms with van der Waals surface area (Å²) in [5.74, 6) is 1.16. The summed E-state index contributed by atoms with van der Waals surface area (Å²) in [6.45, 7) is 2.55. The summed E-state index contributed by atoms with van der Waals surface area (Å²) >= 11 is 0. The van der Waals surface area contributed by atoms with E-state index in [4.69, 9.17) is 14.7 Å². The smallest absolute Gasteiger partial charge is 0.326 e. The Morgan fingerprint density at radius 1 is 1.15 bits per heavy atom. The Hall–Kier alpha value is -3.33. The predicted molar refractivity (Wildman–Crippen MR) is 96.7 cm³/mol. The van der Waals surface area contributed by atoms with Crippen LogP contribution in [0.25, 0.3) is 11.0 Å². The molecule has 0 spiro atoms. The number of benzene rings is 2. The lowest BCUT2D eigenvalue weighted by atomic mass is 10.2. The normalized spacial score (nSPS) is 10.5. The number of rotatable bonds is 7. The van der Waals surface area contributed by atoms with Gasteiger partial charge >= 0.3 is 5.97 Å². The van der Waals surface area contributed by atoms with E-state index in [0.29, 0.717) is 11.3 Å². The lowest BCUT2D eigenvalue weighted by Crippen LogP contribution is -2.18. The largest absolute Gasteiger partial charge is 0.490 e. The second-order valence-electron chi connectivity index (χ2n) is 5.66. The average molecular weight is 349 g/mol. The second kappa shape index (κ2) is 8.17. The van der Waals surface area contributed by atoms with E-state index in [-0.39, 0.29) is 25.7 Å². The van der Waals surface area contributed by atoms with Crippen molar-refractivity contribution in [2.75, 3.05) is 13.2 Å². The summed E-state index contributed by atoms with van der Waals surface area (Å²) in [6.07, 6.45) is 0.740. The molecule has 3 rings (SSSR count). The fraction of sp³-hybridized carbons (Fsp3) is 0.250. The fourth-order valence-electron chi connectivity index (χ4n) is 2.69. The van der Waals surface area contributed by atoms with Gasteiger partial charge in [0.15, 0.2) is 0 Å². The SMILES string of the molecule is CCc1nc2ccccc2n1CC(=O)OCCOc1ccc(C#N)cc1. The van der Waals surface area contributed by atoms with Crippen LogP contribution >= 0.6 is 0 Å². The van der Waals surface area contributed by atoms with Crippen LogP contribution in [-0.4, -0.2) is 28.7 Å². The molecular weight excluding hydrogens is 330 g/mol. The first kappa shape index (κ1) is 17.5. The van der Waals surface area contributed by atoms with Gasteiger partial charge in [0.05, 0.1) is 22.7 Å². The van der Waals surface area contributed by atoms with Crippen LogP contribution in [0.4, 0.5) is 0 Å². The Morgan fingerprint density at radius 2 is 1.92 bits per heavy atom. The molecule has 6 nitrogen and oxygen atoms in total. The van der Waals surface area contributed by atoms with Gasteiger partial charge in [-0.05, 0) is 36.4 Å². The van der Waals surface area contributed by atoms with Crippen LogP contribution in [-0.2, 0) is 22.5 Å². The number of ether oxygens (including phenoxy) is 2. The van der Waals surface area contributed by atoms with Gasteiger partial charge in [-0.1, -0.05) is 19.1 Å². The molecule has 3 aromatic rings. The van der Waals surface area contributed by atoms with Crippen LogP contribution in [0, 0.1) is 11.3 Å². The Morgan fingerprint density at radius 3 is 2.65 bits per heavy atom. The molecule has 0 atom stereocenters. The first-order chi connectivity index (χ1) is 12.7. The topological polar surface area (TPSA) is 77.1 Å². The molecule has 6 heteroatoms. The number of para-hydroxylation sites is 2. The molecule has 0 saturated carbocycles. The molecule has 2 aromatic carbocycles. The molecule has 0 unspecified atom stereocenters. The Bertz CT molecular complexity index is 939. The van der Waals surface area contributed by atoms with Gasteiger partial charge < -0.3 is 14.0 Å². The van der Waals surface area contributed by atoms with Crippen molar-refractivity contribution >= 4 is 17.0 Å². The number of esters is 1. The number of hydrogen-bond donors (Lipinski definition) is 0. The minimum absolute atomic E-state index is 0.126. The summed E-state index contributed by atoms with van der Waals surface area (Å²) in [7, 11) is 0. The van der Waals surface area contributed by atoms with Crippen LogP contribution in [0.15, 0.2) is 48.5 Å². The maximum absolute atomic E-state index is 12.2. The van der Waals surface area contributed by atoms with Crippen LogP contribution in [0.5, 0.6) is 5.75 Å². The van der Waals surface area contributed by atoms with E-state index in [9.17, 15) is 4.79 Å². The second-order valence-corrected chi connectivity index (χ2v) is 5.66. The molecule has 0 amide bonds. The van der Waals surface area contributed by atoms with E-state index in [0.717, 1.165) is 23.3 Å². The molecule has 1 aromatic heterocycles. The van der Waals surface area contributed by atoms with Gasteiger partial charge in [0.1, 0.15) is 31.3 Å². The summed E-state index contributed by atoms with van der Waals surface area (Å²) in [5.41, 5.74) is 2.37. The molecule has 0 aliphatic carbocycles. The van der Waals surface area contributed by atoms with Crippen molar-refractivity contribution in [3.8, 4) is 11.8 Å². The highest BCUT2D eigenvalue weighted by Crippen LogP contribution is 2.16. The van der Waals surface area contributed by atoms with Gasteiger partial charge in [0.25, 0.3) is 0 Å². The lowest BCUT2D eigenvalue weighted by molar-refractivity contribution is -0.145. The standard InChI is InChI=1S/C20H19N3O3/c1-2-19-22-17-5-3-4-6-18(17)23(19)14-20(24)26-12-11-25-16-9-7-15(13-21)8-10-16/h3-10H,2,11-12,14H2,1H3. The summed E-state index contributed by atoms with van der Waals surface area (Å²) in [6, 6.07) is 16.6. The fourth-order valence-corrected chi connectivity index (χ4v) is 2.69. The van der Waals surface area contributed by atoms with Crippen molar-refractivity contribution in [1.29, 1.82) is 5.26 Å². The first-order valence-electron chi connectivity index (χ1n) is 8.44. The van der Waals surface area contributed by atoms with Crippen molar-refractivity contribution in [1.82, 2.24) is 9.55 Å². The van der Waals surface area contributed by atoms with E-state index in [2.05, 4.69) is 4.98 Å². The number of carbonyl (C=O) groups is 1. The summed E-state index contributed by atoms with van der Waals surface area (Å²) < 4.78 is 12.7. The molecular formula is C20H19N3O3. The predicted octanol–water partition coefficient (Wildman–Crippen LogP) is 3.09. The maximum atomic E-state index is 12.2. The first-order valence-corrected chi connectivity index (χ1v) is 8.44. The number of aromatic nitrogens is 2. The molecule has 0 N–H and O–H groups in total. The number of nitriles is 1. The minimum Gasteiger partial charge on any atom is -0.490 e. The summed E-state index contributed by atoms with van der Waals surface area (Å²) in [4.78, 5) is 16.7. The van der Waals surface area contributed by atoms with Crippen LogP contribution in [0.3, 0.4) is 0 Å². The van der Waals surface area contributed by atoms with Crippen molar-refractivity contribution in [3.63, 3.8) is 0 Å². The minimum atomic E-state index is -0.328. The molecule has 0 bridgehead atoms. The van der Waals surface area contributed by atoms with Crippen LogP contribution < -0.4 is 4.74 Å². The van der Waals surface area contributed by atoms with E-state index in [1.165, 1.54) is 0 Å². The third kappa shape index (κ3) is 4.01. The van der Waals surface area contributed by atoms with Crippen LogP contribution in [0.2, 0.25) is 0 Å². The zero-order chi connectivity index (χ0) is 18.4. The number of fused-ring (bicyclic) bond motifs is 1. The molecule has 0 radical (unpaired) electrons. The van der Waals surface area contributed by atoms with Gasteiger partial charge in [-0.15, -0.1) is 0 Å². The van der Waals surface area contributed by atoms with Gasteiger partial charge in [-0.25, -0.2) is 4.98 Å². The van der Waals surface area contributed by atoms with E-state index < -0.39 is 0 Å². The van der Waals surface area contributed by atoms with Gasteiger partial charge in [0, 0.05) is 6.42 Å². The quantitative estimate of drug-likeness (QED) is 0.484. The van der Waals surface area contributed by atoms with Gasteiger partial charge in [-0.2, -0.15) is 5.26 Å². The third-order valence-corrected chi connectivity index (χ3v) is 3.94. The highest BCUT2D eigenvalue weighted by atomic mass is 16.6. The van der Waals surface area contributed by atoms with E-state index in [1.807, 2.05) is 41.8 Å². The van der Waals surface area contributed by atoms with E-state index in [1.54, 1.807) is 24.3 Å². The third-order valence-electron chi connectivity index (χ3n) is 3.94. The molecule has 0 saturated heterocycles. The molecule has 0 aliphatic heterocycles. The number of imidazole rings is 1. The molecule has 0 fully saturated rings. The number of hydrogen-bond acceptors (Lipinski definition) is 5. The Labute approximate surface area is 151 Å². The van der Waals surface area contributed by atoms with Crippen molar-refractivity contribution in [3.05, 3.63) is 59.9 Å². The molecule has 26 heavy (non-hydrogen) atoms. The van der Waals surface area contributed by atoms with Gasteiger partial charge in [-0.3, -0.25) is 4.79 Å². The number of aryl methyl sites for hydroxylation is 1. The maximum Gasteiger partial charge on any atom is 0.326 e. The monoisotopic (exact) mass is 349 g/mol. The Kier molecular flexibility index (Phi) is 5.49. The zero-order valence-corrected chi connectivity index (χ0v) is 14.5. The van der Waals surface area contributed by atoms with E-state index >= 15 is 0 Å². The van der Waals surface area contributed by atoms with Gasteiger partial charge in [0.2, 0.25) is 0 Å². The zero-order valence-electron chi connectivity index (χ0n) is 14.5. The molecule has 0 aliphatic rings. The van der Waals surface area contributed by atoms with Crippen LogP contribution in [0.1, 0.15) is 18.3 Å². The summed E-state index contributed by atoms with van der Waals surface area (Å²) in [5, 5.41) is 8.76. The van der Waals surface area contributed by atoms with Crippen molar-refractivity contribution in [2.45, 2.75) is 19.9 Å². The highest BCUT2D eigenvalue weighted by molar-refractivity contribution is 5.78.